The van der Waals surface area contributed by atoms with Crippen molar-refractivity contribution < 1.29 is 4.79 Å². The molecular formula is C9H7IN2O. The molecule has 1 amide bonds. The fraction of sp³-hybridized carbons (Fsp3) is 0.111. The van der Waals surface area contributed by atoms with Gasteiger partial charge in [-0.15, -0.1) is 0 Å². The summed E-state index contributed by atoms with van der Waals surface area (Å²) in [6.07, 6.45) is 0. The number of hydrogen-bond donors (Lipinski definition) is 1. The number of nitrogens with zero attached hydrogens (tertiary/aromatic N) is 1. The van der Waals surface area contributed by atoms with E-state index in [2.05, 4.69) is 0 Å². The van der Waals surface area contributed by atoms with Gasteiger partial charge in [-0.25, -0.2) is 0 Å². The number of primary amides is 1. The fourth-order valence-electron chi connectivity index (χ4n) is 1.12. The lowest BCUT2D eigenvalue weighted by Gasteiger charge is -2.04. The first-order chi connectivity index (χ1) is 6.06. The summed E-state index contributed by atoms with van der Waals surface area (Å²) in [6.45, 7) is 1.77. The normalized spacial score (nSPS) is 9.31. The van der Waals surface area contributed by atoms with Crippen molar-refractivity contribution in [1.29, 1.82) is 5.26 Å². The van der Waals surface area contributed by atoms with Gasteiger partial charge in [0.1, 0.15) is 0 Å². The standard InChI is InChI=1S/C9H7IN2O/c1-5-2-6(4-11)3-7(10)8(5)9(12)13/h2-3H,1H3,(H2,12,13). The summed E-state index contributed by atoms with van der Waals surface area (Å²) in [5, 5.41) is 8.65. The third-order valence-electron chi connectivity index (χ3n) is 1.66. The van der Waals surface area contributed by atoms with E-state index in [1.54, 1.807) is 19.1 Å². The second-order valence-corrected chi connectivity index (χ2v) is 3.79. The monoisotopic (exact) mass is 286 g/mol. The highest BCUT2D eigenvalue weighted by Crippen LogP contribution is 2.18. The lowest BCUT2D eigenvalue weighted by atomic mass is 10.1. The number of nitrogens with two attached hydrogens (primary N) is 1. The van der Waals surface area contributed by atoms with Crippen LogP contribution in [0, 0.1) is 21.8 Å². The zero-order valence-electron chi connectivity index (χ0n) is 6.97. The number of carbonyl (C=O) groups excluding carboxylic acids is 1. The van der Waals surface area contributed by atoms with Gasteiger partial charge in [0.15, 0.2) is 0 Å². The van der Waals surface area contributed by atoms with E-state index in [1.807, 2.05) is 28.7 Å². The maximum absolute atomic E-state index is 11.0. The van der Waals surface area contributed by atoms with Crippen molar-refractivity contribution in [2.24, 2.45) is 5.73 Å². The van der Waals surface area contributed by atoms with Crippen LogP contribution in [0.4, 0.5) is 0 Å². The average molecular weight is 286 g/mol. The highest BCUT2D eigenvalue weighted by atomic mass is 127. The maximum Gasteiger partial charge on any atom is 0.250 e. The first-order valence-corrected chi connectivity index (χ1v) is 4.64. The number of amides is 1. The predicted molar refractivity (Wildman–Crippen MR) is 57.1 cm³/mol. The molecule has 66 valence electrons. The molecule has 0 spiro atoms. The van der Waals surface area contributed by atoms with E-state index in [4.69, 9.17) is 11.0 Å². The van der Waals surface area contributed by atoms with Crippen LogP contribution in [0.2, 0.25) is 0 Å². The molecule has 0 saturated carbocycles. The molecule has 0 bridgehead atoms. The number of halogens is 1. The largest absolute Gasteiger partial charge is 0.366 e. The number of benzene rings is 1. The Morgan fingerprint density at radius 2 is 2.23 bits per heavy atom. The minimum atomic E-state index is -0.452. The number of nitriles is 1. The molecule has 1 aromatic rings. The molecule has 0 aliphatic heterocycles. The minimum Gasteiger partial charge on any atom is -0.366 e. The van der Waals surface area contributed by atoms with Gasteiger partial charge >= 0.3 is 0 Å². The van der Waals surface area contributed by atoms with Crippen LogP contribution in [0.3, 0.4) is 0 Å². The summed E-state index contributed by atoms with van der Waals surface area (Å²) in [6, 6.07) is 5.32. The molecule has 1 rings (SSSR count). The number of aryl methyl sites for hydroxylation is 1. The van der Waals surface area contributed by atoms with Gasteiger partial charge in [0.25, 0.3) is 0 Å². The molecule has 3 nitrogen and oxygen atoms in total. The maximum atomic E-state index is 11.0. The molecule has 0 unspecified atom stereocenters. The molecule has 0 fully saturated rings. The van der Waals surface area contributed by atoms with Gasteiger partial charge in [-0.2, -0.15) is 5.26 Å². The molecule has 2 N–H and O–H groups in total. The Morgan fingerprint density at radius 1 is 1.62 bits per heavy atom. The molecule has 0 heterocycles. The molecule has 13 heavy (non-hydrogen) atoms. The number of hydrogen-bond acceptors (Lipinski definition) is 2. The van der Waals surface area contributed by atoms with Crippen LogP contribution >= 0.6 is 22.6 Å². The van der Waals surface area contributed by atoms with E-state index in [-0.39, 0.29) is 0 Å². The smallest absolute Gasteiger partial charge is 0.250 e. The van der Waals surface area contributed by atoms with Crippen LogP contribution in [0.25, 0.3) is 0 Å². The zero-order valence-corrected chi connectivity index (χ0v) is 9.12. The summed E-state index contributed by atoms with van der Waals surface area (Å²) in [7, 11) is 0. The fourth-order valence-corrected chi connectivity index (χ4v) is 2.15. The molecule has 0 aromatic heterocycles. The quantitative estimate of drug-likeness (QED) is 0.796. The zero-order chi connectivity index (χ0) is 10.0. The molecule has 0 atom stereocenters. The van der Waals surface area contributed by atoms with Crippen molar-refractivity contribution in [3.05, 3.63) is 32.4 Å². The lowest BCUT2D eigenvalue weighted by molar-refractivity contribution is 0.0999. The summed E-state index contributed by atoms with van der Waals surface area (Å²) in [4.78, 5) is 11.0. The third-order valence-corrected chi connectivity index (χ3v) is 2.51. The Morgan fingerprint density at radius 3 is 2.62 bits per heavy atom. The van der Waals surface area contributed by atoms with E-state index >= 15 is 0 Å². The number of carbonyl (C=O) groups is 1. The van der Waals surface area contributed by atoms with E-state index in [1.165, 1.54) is 0 Å². The van der Waals surface area contributed by atoms with Gasteiger partial charge in [-0.1, -0.05) is 0 Å². The van der Waals surface area contributed by atoms with E-state index < -0.39 is 5.91 Å². The molecule has 0 radical (unpaired) electrons. The molecule has 0 aliphatic carbocycles. The highest BCUT2D eigenvalue weighted by molar-refractivity contribution is 14.1. The highest BCUT2D eigenvalue weighted by Gasteiger charge is 2.10. The first-order valence-electron chi connectivity index (χ1n) is 3.56. The van der Waals surface area contributed by atoms with Crippen molar-refractivity contribution in [3.63, 3.8) is 0 Å². The van der Waals surface area contributed by atoms with Gasteiger partial charge in [-0.05, 0) is 47.2 Å². The second-order valence-electron chi connectivity index (χ2n) is 2.63. The van der Waals surface area contributed by atoms with E-state index in [9.17, 15) is 4.79 Å². The first kappa shape index (κ1) is 9.99. The van der Waals surface area contributed by atoms with Gasteiger partial charge in [0, 0.05) is 3.57 Å². The molecule has 1 aromatic carbocycles. The molecular weight excluding hydrogens is 279 g/mol. The number of rotatable bonds is 1. The van der Waals surface area contributed by atoms with Gasteiger partial charge in [-0.3, -0.25) is 4.79 Å². The Balaban J connectivity index is 3.42. The topological polar surface area (TPSA) is 66.9 Å². The van der Waals surface area contributed by atoms with Crippen molar-refractivity contribution in [1.82, 2.24) is 0 Å². The van der Waals surface area contributed by atoms with Crippen LogP contribution in [-0.2, 0) is 0 Å². The van der Waals surface area contributed by atoms with E-state index in [0.29, 0.717) is 11.1 Å². The van der Waals surface area contributed by atoms with Crippen LogP contribution in [0.1, 0.15) is 21.5 Å². The van der Waals surface area contributed by atoms with Gasteiger partial charge < -0.3 is 5.73 Å². The van der Waals surface area contributed by atoms with Crippen LogP contribution in [-0.4, -0.2) is 5.91 Å². The summed E-state index contributed by atoms with van der Waals surface area (Å²) in [5.41, 5.74) is 6.97. The van der Waals surface area contributed by atoms with Gasteiger partial charge in [0.2, 0.25) is 5.91 Å². The molecule has 4 heteroatoms. The van der Waals surface area contributed by atoms with E-state index in [0.717, 1.165) is 9.13 Å². The average Bonchev–Trinajstić information content (AvgIpc) is 2.02. The molecule has 0 saturated heterocycles. The van der Waals surface area contributed by atoms with Crippen molar-refractivity contribution >= 4 is 28.5 Å². The molecule has 0 aliphatic rings. The Hall–Kier alpha value is -1.09. The second kappa shape index (κ2) is 3.75. The van der Waals surface area contributed by atoms with Crippen LogP contribution in [0.5, 0.6) is 0 Å². The Bertz CT molecular complexity index is 384. The Kier molecular flexibility index (Phi) is 2.88. The third kappa shape index (κ3) is 1.98. The van der Waals surface area contributed by atoms with Gasteiger partial charge in [0.05, 0.1) is 17.2 Å². The summed E-state index contributed by atoms with van der Waals surface area (Å²) in [5.74, 6) is -0.452. The SMILES string of the molecule is Cc1cc(C#N)cc(I)c1C(N)=O. The lowest BCUT2D eigenvalue weighted by Crippen LogP contribution is -2.14. The summed E-state index contributed by atoms with van der Waals surface area (Å²) >= 11 is 2.00. The van der Waals surface area contributed by atoms with Crippen LogP contribution < -0.4 is 5.73 Å². The van der Waals surface area contributed by atoms with Crippen molar-refractivity contribution in [2.75, 3.05) is 0 Å². The van der Waals surface area contributed by atoms with Crippen molar-refractivity contribution in [2.45, 2.75) is 6.92 Å². The van der Waals surface area contributed by atoms with Crippen LogP contribution in [0.15, 0.2) is 12.1 Å². The Labute approximate surface area is 89.7 Å². The minimum absolute atomic E-state index is 0.452. The predicted octanol–water partition coefficient (Wildman–Crippen LogP) is 1.57. The van der Waals surface area contributed by atoms with Crippen molar-refractivity contribution in [3.8, 4) is 6.07 Å². The summed E-state index contributed by atoms with van der Waals surface area (Å²) < 4.78 is 0.724.